The van der Waals surface area contributed by atoms with Crippen molar-refractivity contribution < 1.29 is 56.3 Å². The first-order chi connectivity index (χ1) is 10.7. The molecule has 1 rings (SSSR count). The lowest BCUT2D eigenvalue weighted by molar-refractivity contribution is -0.339. The van der Waals surface area contributed by atoms with Crippen LogP contribution in [0.25, 0.3) is 10.4 Å². The molecule has 3 unspecified atom stereocenters. The van der Waals surface area contributed by atoms with Gasteiger partial charge in [-0.25, -0.2) is 4.31 Å². The summed E-state index contributed by atoms with van der Waals surface area (Å²) in [6, 6.07) is 0. The lowest BCUT2D eigenvalue weighted by Crippen LogP contribution is -2.42. The van der Waals surface area contributed by atoms with Crippen molar-refractivity contribution in [3.8, 4) is 0 Å². The number of hydrogen-bond acceptors (Lipinski definition) is 13. The monoisotopic (exact) mass is 409 g/mol. The van der Waals surface area contributed by atoms with Gasteiger partial charge in [0, 0.05) is 11.3 Å². The Balaban J connectivity index is 2.83. The third-order valence-corrected chi connectivity index (χ3v) is 6.17. The molecule has 1 fully saturated rings. The van der Waals surface area contributed by atoms with E-state index in [-0.39, 0.29) is 6.42 Å². The van der Waals surface area contributed by atoms with Crippen LogP contribution in [0.4, 0.5) is 0 Å². The van der Waals surface area contributed by atoms with Gasteiger partial charge in [0.2, 0.25) is 0 Å². The van der Waals surface area contributed by atoms with Crippen LogP contribution in [0, 0.1) is 0 Å². The molecule has 0 aromatic heterocycles. The van der Waals surface area contributed by atoms with Crippen LogP contribution in [0.3, 0.4) is 0 Å². The second kappa shape index (κ2) is 7.48. The largest absolute Gasteiger partial charge is 0.790 e. The van der Waals surface area contributed by atoms with E-state index in [0.717, 1.165) is 0 Å². The predicted molar refractivity (Wildman–Crippen MR) is 64.0 cm³/mol. The number of phosphoric acid groups is 3. The molecular weight excluding hydrogens is 399 g/mol. The molecule has 140 valence electrons. The molecule has 0 saturated carbocycles. The Morgan fingerprint density at radius 1 is 1.29 bits per heavy atom. The van der Waals surface area contributed by atoms with Gasteiger partial charge in [0.05, 0.1) is 26.6 Å². The van der Waals surface area contributed by atoms with Crippen molar-refractivity contribution in [2.75, 3.05) is 6.61 Å². The molecule has 0 bridgehead atoms. The number of hydrogen-bond donors (Lipinski definition) is 1. The molecule has 0 aromatic carbocycles. The molecule has 15 nitrogen and oxygen atoms in total. The van der Waals surface area contributed by atoms with Crippen molar-refractivity contribution >= 4 is 23.5 Å². The Labute approximate surface area is 134 Å². The summed E-state index contributed by atoms with van der Waals surface area (Å²) < 4.78 is 48.0. The highest BCUT2D eigenvalue weighted by Crippen LogP contribution is 2.60. The van der Waals surface area contributed by atoms with Gasteiger partial charge in [-0.1, -0.05) is 5.11 Å². The van der Waals surface area contributed by atoms with Crippen LogP contribution in [-0.2, 0) is 31.6 Å². The van der Waals surface area contributed by atoms with Gasteiger partial charge < -0.3 is 38.5 Å². The van der Waals surface area contributed by atoms with E-state index in [9.17, 15) is 38.4 Å². The average molecular weight is 409 g/mol. The van der Waals surface area contributed by atoms with Crippen molar-refractivity contribution in [3.05, 3.63) is 10.4 Å². The maximum atomic E-state index is 11.4. The van der Waals surface area contributed by atoms with E-state index in [1.54, 1.807) is 0 Å². The van der Waals surface area contributed by atoms with Gasteiger partial charge >= 0.3 is 0 Å². The molecule has 1 saturated heterocycles. The first kappa shape index (κ1) is 21.7. The summed E-state index contributed by atoms with van der Waals surface area (Å²) in [5.41, 5.74) is 6.27. The minimum atomic E-state index is -6.11. The topological polar surface area (TPSA) is 249 Å². The molecule has 24 heavy (non-hydrogen) atoms. The highest BCUT2D eigenvalue weighted by atomic mass is 31.3. The van der Waals surface area contributed by atoms with Crippen LogP contribution in [0.2, 0.25) is 0 Å². The third kappa shape index (κ3) is 6.51. The minimum Gasteiger partial charge on any atom is -0.790 e. The summed E-state index contributed by atoms with van der Waals surface area (Å²) in [7, 11) is -18.0. The second-order valence-electron chi connectivity index (χ2n) is 4.49. The van der Waals surface area contributed by atoms with Crippen LogP contribution < -0.4 is 19.6 Å². The summed E-state index contributed by atoms with van der Waals surface area (Å²) in [4.78, 5) is 45.1. The van der Waals surface area contributed by atoms with Crippen LogP contribution >= 0.6 is 23.5 Å². The number of phosphoric ester groups is 1. The zero-order valence-corrected chi connectivity index (χ0v) is 14.4. The maximum absolute atomic E-state index is 11.4. The average Bonchev–Trinajstić information content (AvgIpc) is 2.58. The zero-order chi connectivity index (χ0) is 18.8. The van der Waals surface area contributed by atoms with Gasteiger partial charge in [0.15, 0.2) is 5.72 Å². The quantitative estimate of drug-likeness (QED) is 0.197. The molecule has 0 aromatic rings. The fraction of sp³-hybridized carbons (Fsp3) is 1.00. The summed E-state index contributed by atoms with van der Waals surface area (Å²) in [5.74, 6) is 0. The van der Waals surface area contributed by atoms with E-state index in [4.69, 9.17) is 10.3 Å². The van der Waals surface area contributed by atoms with Crippen molar-refractivity contribution in [2.45, 2.75) is 31.3 Å². The summed E-state index contributed by atoms with van der Waals surface area (Å²) in [6.45, 7) is 0.278. The van der Waals surface area contributed by atoms with Crippen molar-refractivity contribution in [2.24, 2.45) is 5.11 Å². The molecule has 5 atom stereocenters. The van der Waals surface area contributed by atoms with E-state index in [0.29, 0.717) is 0 Å². The molecule has 1 aliphatic heterocycles. The van der Waals surface area contributed by atoms with E-state index in [2.05, 4.69) is 23.2 Å². The van der Waals surface area contributed by atoms with Crippen molar-refractivity contribution in [1.82, 2.24) is 0 Å². The van der Waals surface area contributed by atoms with E-state index < -0.39 is 48.0 Å². The van der Waals surface area contributed by atoms with Crippen molar-refractivity contribution in [3.63, 3.8) is 0 Å². The SMILES string of the molecule is C[C@H]1CC(O)[C@](COP(=O)([O-])OP(=O)([O-])OP(=O)([O-])[O-])(N=[N+]=[N-])O1. The number of azide groups is 1. The Morgan fingerprint density at radius 2 is 1.88 bits per heavy atom. The molecule has 1 N–H and O–H groups in total. The standard InChI is InChI=1S/C6H14N3O12P3/c1-4-2-5(10)6(19-4,8-9-7)3-18-23(14,15)21-24(16,17)20-22(11,12)13/h4-5,10H,2-3H2,1H3,(H,14,15)(H,16,17)(H2,11,12,13)/p-4/t4-,5?,6+/m0/s1. The Morgan fingerprint density at radius 3 is 2.29 bits per heavy atom. The highest BCUT2D eigenvalue weighted by molar-refractivity contribution is 7.64. The van der Waals surface area contributed by atoms with Crippen LogP contribution in [0.5, 0.6) is 0 Å². The van der Waals surface area contributed by atoms with E-state index in [1.807, 2.05) is 0 Å². The van der Waals surface area contributed by atoms with Crippen LogP contribution in [0.1, 0.15) is 13.3 Å². The molecule has 0 radical (unpaired) electrons. The van der Waals surface area contributed by atoms with E-state index in [1.165, 1.54) is 6.92 Å². The fourth-order valence-corrected chi connectivity index (χ4v) is 4.63. The van der Waals surface area contributed by atoms with Crippen molar-refractivity contribution in [1.29, 1.82) is 0 Å². The van der Waals surface area contributed by atoms with Gasteiger partial charge in [0.25, 0.3) is 15.6 Å². The molecular formula is C6H10N3O12P3-4. The van der Waals surface area contributed by atoms with Gasteiger partial charge in [-0.2, -0.15) is 0 Å². The highest BCUT2D eigenvalue weighted by Gasteiger charge is 2.47. The molecule has 0 amide bonds. The molecule has 18 heteroatoms. The molecule has 1 aliphatic rings. The number of rotatable bonds is 8. The number of ether oxygens (including phenoxy) is 1. The Kier molecular flexibility index (Phi) is 6.76. The van der Waals surface area contributed by atoms with E-state index >= 15 is 0 Å². The van der Waals surface area contributed by atoms with Gasteiger partial charge in [-0.05, 0) is 12.5 Å². The Hall–Kier alpha value is -0.360. The lowest BCUT2D eigenvalue weighted by Gasteiger charge is -2.38. The first-order valence-electron chi connectivity index (χ1n) is 5.84. The normalized spacial score (nSPS) is 32.6. The number of nitrogens with zero attached hydrogens (tertiary/aromatic N) is 3. The fourth-order valence-electron chi connectivity index (χ4n) is 1.75. The van der Waals surface area contributed by atoms with Gasteiger partial charge in [-0.15, -0.1) is 0 Å². The van der Waals surface area contributed by atoms with Gasteiger partial charge in [-0.3, -0.25) is 13.4 Å². The predicted octanol–water partition coefficient (Wildman–Crippen LogP) is -2.02. The second-order valence-corrected chi connectivity index (χ2v) is 8.74. The summed E-state index contributed by atoms with van der Waals surface area (Å²) in [6.07, 6.45) is -2.19. The lowest BCUT2D eigenvalue weighted by atomic mass is 10.1. The molecule has 1 heterocycles. The van der Waals surface area contributed by atoms with Gasteiger partial charge in [0.1, 0.15) is 0 Å². The number of aliphatic hydroxyl groups excluding tert-OH is 1. The first-order valence-corrected chi connectivity index (χ1v) is 10.2. The molecule has 0 spiro atoms. The smallest absolute Gasteiger partial charge is 0.278 e. The maximum Gasteiger partial charge on any atom is 0.278 e. The third-order valence-electron chi connectivity index (χ3n) is 2.52. The number of aliphatic hydroxyl groups is 1. The van der Waals surface area contributed by atoms with Crippen LogP contribution in [-0.4, -0.2) is 29.6 Å². The Bertz CT molecular complexity index is 658. The summed E-state index contributed by atoms with van der Waals surface area (Å²) >= 11 is 0. The minimum absolute atomic E-state index is 0.0505. The zero-order valence-electron chi connectivity index (χ0n) is 11.7. The van der Waals surface area contributed by atoms with Crippen LogP contribution in [0.15, 0.2) is 5.11 Å². The summed E-state index contributed by atoms with van der Waals surface area (Å²) in [5, 5.41) is 12.9. The molecule has 0 aliphatic carbocycles.